The zero-order valence-electron chi connectivity index (χ0n) is 9.24. The van der Waals surface area contributed by atoms with E-state index >= 15 is 0 Å². The maximum absolute atomic E-state index is 6.18. The van der Waals surface area contributed by atoms with E-state index in [4.69, 9.17) is 28.9 Å². The summed E-state index contributed by atoms with van der Waals surface area (Å²) in [5.41, 5.74) is 8.94. The van der Waals surface area contributed by atoms with Gasteiger partial charge in [-0.05, 0) is 36.4 Å². The number of rotatable bonds is 1. The van der Waals surface area contributed by atoms with Gasteiger partial charge in [-0.3, -0.25) is 5.10 Å². The van der Waals surface area contributed by atoms with Crippen molar-refractivity contribution in [3.63, 3.8) is 0 Å². The molecule has 3 aromatic rings. The molecule has 0 spiro atoms. The molecule has 0 fully saturated rings. The first-order valence-corrected chi connectivity index (χ1v) is 6.10. The van der Waals surface area contributed by atoms with Gasteiger partial charge in [0.25, 0.3) is 0 Å². The second-order valence-electron chi connectivity index (χ2n) is 4.00. The largest absolute Gasteiger partial charge is 0.399 e. The molecule has 0 saturated carbocycles. The van der Waals surface area contributed by atoms with E-state index in [0.717, 1.165) is 22.2 Å². The Morgan fingerprint density at radius 1 is 1.06 bits per heavy atom. The summed E-state index contributed by atoms with van der Waals surface area (Å²) in [7, 11) is 0. The fraction of sp³-hybridized carbons (Fsp3) is 0. The Morgan fingerprint density at radius 2 is 1.89 bits per heavy atom. The van der Waals surface area contributed by atoms with Gasteiger partial charge in [0.15, 0.2) is 0 Å². The van der Waals surface area contributed by atoms with Crippen molar-refractivity contribution in [2.45, 2.75) is 0 Å². The van der Waals surface area contributed by atoms with Crippen LogP contribution in [0.25, 0.3) is 22.2 Å². The second-order valence-corrected chi connectivity index (χ2v) is 4.85. The maximum Gasteiger partial charge on any atom is 0.102 e. The zero-order chi connectivity index (χ0) is 12.7. The van der Waals surface area contributed by atoms with Gasteiger partial charge < -0.3 is 5.73 Å². The molecule has 3 nitrogen and oxygen atoms in total. The molecule has 0 aliphatic heterocycles. The molecule has 90 valence electrons. The lowest BCUT2D eigenvalue weighted by Crippen LogP contribution is -1.84. The van der Waals surface area contributed by atoms with E-state index in [1.54, 1.807) is 18.2 Å². The van der Waals surface area contributed by atoms with Crippen molar-refractivity contribution in [1.29, 1.82) is 0 Å². The van der Waals surface area contributed by atoms with Crippen molar-refractivity contribution in [3.8, 4) is 11.3 Å². The molecule has 1 aromatic heterocycles. The molecule has 0 aliphatic rings. The summed E-state index contributed by atoms with van der Waals surface area (Å²) in [5, 5.41) is 9.39. The number of nitrogens with one attached hydrogen (secondary N) is 1. The fourth-order valence-electron chi connectivity index (χ4n) is 1.92. The predicted octanol–water partition coefficient (Wildman–Crippen LogP) is 4.12. The summed E-state index contributed by atoms with van der Waals surface area (Å²) in [6.07, 6.45) is 0. The van der Waals surface area contributed by atoms with E-state index in [-0.39, 0.29) is 0 Å². The van der Waals surface area contributed by atoms with Gasteiger partial charge >= 0.3 is 0 Å². The number of nitrogens with two attached hydrogens (primary N) is 1. The quantitative estimate of drug-likeness (QED) is 0.658. The molecule has 1 heterocycles. The molecule has 0 bridgehead atoms. The van der Waals surface area contributed by atoms with Gasteiger partial charge in [0.2, 0.25) is 0 Å². The Bertz CT molecular complexity index is 734. The highest BCUT2D eigenvalue weighted by Crippen LogP contribution is 2.34. The fourth-order valence-corrected chi connectivity index (χ4v) is 2.30. The normalized spacial score (nSPS) is 11.0. The summed E-state index contributed by atoms with van der Waals surface area (Å²) in [4.78, 5) is 0. The van der Waals surface area contributed by atoms with Crippen molar-refractivity contribution in [2.75, 3.05) is 5.73 Å². The first kappa shape index (κ1) is 11.4. The molecule has 3 rings (SSSR count). The highest BCUT2D eigenvalue weighted by Gasteiger charge is 2.12. The minimum Gasteiger partial charge on any atom is -0.399 e. The Morgan fingerprint density at radius 3 is 2.72 bits per heavy atom. The summed E-state index contributed by atoms with van der Waals surface area (Å²) in [6, 6.07) is 10.9. The van der Waals surface area contributed by atoms with Gasteiger partial charge in [-0.1, -0.05) is 23.2 Å². The lowest BCUT2D eigenvalue weighted by molar-refractivity contribution is 1.12. The Hall–Kier alpha value is -1.71. The van der Waals surface area contributed by atoms with Crippen LogP contribution in [0.1, 0.15) is 0 Å². The van der Waals surface area contributed by atoms with Gasteiger partial charge in [0.05, 0.1) is 10.5 Å². The number of H-pyrrole nitrogens is 1. The average Bonchev–Trinajstić information content (AvgIpc) is 2.75. The smallest absolute Gasteiger partial charge is 0.102 e. The molecule has 0 amide bonds. The van der Waals surface area contributed by atoms with Gasteiger partial charge in [0, 0.05) is 21.7 Å². The van der Waals surface area contributed by atoms with Crippen LogP contribution in [-0.2, 0) is 0 Å². The molecule has 0 unspecified atom stereocenters. The maximum atomic E-state index is 6.18. The number of fused-ring (bicyclic) bond motifs is 1. The van der Waals surface area contributed by atoms with Crippen LogP contribution in [0, 0.1) is 0 Å². The van der Waals surface area contributed by atoms with E-state index in [0.29, 0.717) is 15.7 Å². The van der Waals surface area contributed by atoms with Crippen molar-refractivity contribution in [1.82, 2.24) is 10.2 Å². The van der Waals surface area contributed by atoms with Crippen molar-refractivity contribution in [3.05, 3.63) is 46.4 Å². The third kappa shape index (κ3) is 1.82. The van der Waals surface area contributed by atoms with Crippen molar-refractivity contribution < 1.29 is 0 Å². The number of halogens is 2. The summed E-state index contributed by atoms with van der Waals surface area (Å²) in [5.74, 6) is 0. The summed E-state index contributed by atoms with van der Waals surface area (Å²) < 4.78 is 0. The van der Waals surface area contributed by atoms with Crippen LogP contribution in [-0.4, -0.2) is 10.2 Å². The molecule has 0 radical (unpaired) electrons. The number of hydrogen-bond donors (Lipinski definition) is 2. The number of hydrogen-bond acceptors (Lipinski definition) is 2. The third-order valence-electron chi connectivity index (χ3n) is 2.77. The van der Waals surface area contributed by atoms with Crippen LogP contribution in [0.15, 0.2) is 36.4 Å². The summed E-state index contributed by atoms with van der Waals surface area (Å²) >= 11 is 12.2. The minimum absolute atomic E-state index is 0.607. The van der Waals surface area contributed by atoms with Crippen LogP contribution >= 0.6 is 23.2 Å². The molecule has 18 heavy (non-hydrogen) atoms. The first-order valence-electron chi connectivity index (χ1n) is 5.34. The predicted molar refractivity (Wildman–Crippen MR) is 76.0 cm³/mol. The standard InChI is InChI=1S/C13H9Cl2N3/c14-7-1-3-11(15)9(5-7)13-10-6-8(16)2-4-12(10)17-18-13/h1-6H,16H2,(H,17,18). The average molecular weight is 278 g/mol. The van der Waals surface area contributed by atoms with Gasteiger partial charge in [-0.15, -0.1) is 0 Å². The SMILES string of the molecule is Nc1ccc2[nH]nc(-c3cc(Cl)ccc3Cl)c2c1. The van der Waals surface area contributed by atoms with Crippen molar-refractivity contribution in [2.24, 2.45) is 0 Å². The number of anilines is 1. The van der Waals surface area contributed by atoms with Crippen LogP contribution in [0.2, 0.25) is 10.0 Å². The molecule has 0 saturated heterocycles. The number of nitrogens with zero attached hydrogens (tertiary/aromatic N) is 1. The highest BCUT2D eigenvalue weighted by atomic mass is 35.5. The van der Waals surface area contributed by atoms with Crippen LogP contribution in [0.5, 0.6) is 0 Å². The molecule has 0 atom stereocenters. The minimum atomic E-state index is 0.607. The van der Waals surface area contributed by atoms with E-state index < -0.39 is 0 Å². The number of aromatic nitrogens is 2. The monoisotopic (exact) mass is 277 g/mol. The molecule has 3 N–H and O–H groups in total. The lowest BCUT2D eigenvalue weighted by atomic mass is 10.1. The van der Waals surface area contributed by atoms with Crippen LogP contribution in [0.4, 0.5) is 5.69 Å². The van der Waals surface area contributed by atoms with Gasteiger partial charge in [-0.25, -0.2) is 0 Å². The van der Waals surface area contributed by atoms with Crippen LogP contribution < -0.4 is 5.73 Å². The number of benzene rings is 2. The van der Waals surface area contributed by atoms with Crippen LogP contribution in [0.3, 0.4) is 0 Å². The third-order valence-corrected chi connectivity index (χ3v) is 3.34. The molecular formula is C13H9Cl2N3. The van der Waals surface area contributed by atoms with Gasteiger partial charge in [0.1, 0.15) is 5.69 Å². The van der Waals surface area contributed by atoms with E-state index in [1.165, 1.54) is 0 Å². The van der Waals surface area contributed by atoms with E-state index in [1.807, 2.05) is 18.2 Å². The molecule has 0 aliphatic carbocycles. The zero-order valence-corrected chi connectivity index (χ0v) is 10.8. The van der Waals surface area contributed by atoms with Gasteiger partial charge in [-0.2, -0.15) is 5.10 Å². The number of aromatic amines is 1. The highest BCUT2D eigenvalue weighted by molar-refractivity contribution is 6.35. The lowest BCUT2D eigenvalue weighted by Gasteiger charge is -2.02. The molecular weight excluding hydrogens is 269 g/mol. The molecule has 5 heteroatoms. The topological polar surface area (TPSA) is 54.7 Å². The van der Waals surface area contributed by atoms with E-state index in [2.05, 4.69) is 10.2 Å². The van der Waals surface area contributed by atoms with E-state index in [9.17, 15) is 0 Å². The Kier molecular flexibility index (Phi) is 2.65. The van der Waals surface area contributed by atoms with Crippen molar-refractivity contribution >= 4 is 39.8 Å². The Balaban J connectivity index is 2.31. The first-order chi connectivity index (χ1) is 8.65. The Labute approximate surface area is 114 Å². The second kappa shape index (κ2) is 4.19. The number of nitrogen functional groups attached to an aromatic ring is 1. The molecule has 2 aromatic carbocycles. The summed E-state index contributed by atoms with van der Waals surface area (Å²) in [6.45, 7) is 0.